The first kappa shape index (κ1) is 26.6. The molecular weight excluding hydrogens is 517 g/mol. The predicted molar refractivity (Wildman–Crippen MR) is 151 cm³/mol. The van der Waals surface area contributed by atoms with Gasteiger partial charge in [-0.3, -0.25) is 10.2 Å². The first-order chi connectivity index (χ1) is 18.4. The van der Waals surface area contributed by atoms with Gasteiger partial charge < -0.3 is 15.2 Å². The molecule has 1 unspecified atom stereocenters. The lowest BCUT2D eigenvalue weighted by molar-refractivity contribution is -0.119. The fourth-order valence-electron chi connectivity index (χ4n) is 5.07. The number of nitrogen functional groups attached to an aromatic ring is 1. The van der Waals surface area contributed by atoms with E-state index in [1.54, 1.807) is 80.1 Å². The summed E-state index contributed by atoms with van der Waals surface area (Å²) in [7, 11) is -4.30. The number of nitrogens with one attached hydrogen (secondary N) is 2. The maximum atomic E-state index is 16.3. The minimum atomic E-state index is -4.30. The standard InChI is InChI=1S/C29H30FN5O3S/c1-29(2,3)33-39(37,38)26-21(18-7-5-4-6-8-18)11-12-22(25(26)30)35-16-14-23(28(35)36)34-15-13-19-9-10-20(27(31)32)17-24(19)34/h4-13,15,17,23,33H,14,16H2,1-3H3,(H3,31,32). The molecule has 1 atom stereocenters. The van der Waals surface area contributed by atoms with Crippen LogP contribution >= 0.6 is 0 Å². The Morgan fingerprint density at radius 1 is 1.08 bits per heavy atom. The molecule has 1 saturated heterocycles. The van der Waals surface area contributed by atoms with Crippen molar-refractivity contribution in [1.82, 2.24) is 9.29 Å². The Bertz CT molecular complexity index is 1710. The van der Waals surface area contributed by atoms with E-state index in [0.29, 0.717) is 17.5 Å². The van der Waals surface area contributed by atoms with Crippen LogP contribution in [0.1, 0.15) is 38.8 Å². The lowest BCUT2D eigenvalue weighted by Crippen LogP contribution is -2.41. The fourth-order valence-corrected chi connectivity index (χ4v) is 6.79. The Balaban J connectivity index is 1.59. The summed E-state index contributed by atoms with van der Waals surface area (Å²) in [6, 6.07) is 18.3. The number of aromatic nitrogens is 1. The number of hydrogen-bond donors (Lipinski definition) is 3. The largest absolute Gasteiger partial charge is 0.384 e. The van der Waals surface area contributed by atoms with Crippen molar-refractivity contribution < 1.29 is 17.6 Å². The summed E-state index contributed by atoms with van der Waals surface area (Å²) in [4.78, 5) is 14.5. The zero-order valence-electron chi connectivity index (χ0n) is 21.9. The van der Waals surface area contributed by atoms with Crippen molar-refractivity contribution in [3.8, 4) is 11.1 Å². The number of amidine groups is 1. The van der Waals surface area contributed by atoms with Crippen molar-refractivity contribution in [1.29, 1.82) is 5.41 Å². The van der Waals surface area contributed by atoms with Crippen LogP contribution < -0.4 is 15.4 Å². The van der Waals surface area contributed by atoms with Crippen molar-refractivity contribution in [2.75, 3.05) is 11.4 Å². The van der Waals surface area contributed by atoms with E-state index in [9.17, 15) is 13.2 Å². The third-order valence-electron chi connectivity index (χ3n) is 6.71. The SMILES string of the molecule is CC(C)(C)NS(=O)(=O)c1c(-c2ccccc2)ccc(N2CCC(n3ccc4ccc(C(=N)N)cc43)C2=O)c1F. The van der Waals surface area contributed by atoms with Crippen molar-refractivity contribution in [3.63, 3.8) is 0 Å². The second-order valence-electron chi connectivity index (χ2n) is 10.7. The number of hydrogen-bond acceptors (Lipinski definition) is 4. The van der Waals surface area contributed by atoms with Crippen molar-refractivity contribution >= 4 is 38.4 Å². The molecule has 202 valence electrons. The van der Waals surface area contributed by atoms with Crippen LogP contribution in [0, 0.1) is 11.2 Å². The topological polar surface area (TPSA) is 121 Å². The van der Waals surface area contributed by atoms with Gasteiger partial charge in [0.25, 0.3) is 0 Å². The fraction of sp³-hybridized carbons (Fsp3) is 0.241. The van der Waals surface area contributed by atoms with E-state index in [0.717, 1.165) is 10.9 Å². The van der Waals surface area contributed by atoms with E-state index in [-0.39, 0.29) is 29.5 Å². The van der Waals surface area contributed by atoms with Gasteiger partial charge in [-0.1, -0.05) is 48.5 Å². The summed E-state index contributed by atoms with van der Waals surface area (Å²) in [5.74, 6) is -1.40. The number of carbonyl (C=O) groups excluding carboxylic acids is 1. The lowest BCUT2D eigenvalue weighted by atomic mass is 10.0. The van der Waals surface area contributed by atoms with Crippen LogP contribution in [-0.4, -0.2) is 36.8 Å². The van der Waals surface area contributed by atoms with Crippen molar-refractivity contribution in [2.24, 2.45) is 5.73 Å². The van der Waals surface area contributed by atoms with Gasteiger partial charge in [0.2, 0.25) is 15.9 Å². The average Bonchev–Trinajstić information content (AvgIpc) is 3.45. The number of nitrogens with two attached hydrogens (primary N) is 1. The monoisotopic (exact) mass is 547 g/mol. The van der Waals surface area contributed by atoms with E-state index >= 15 is 4.39 Å². The number of benzene rings is 3. The lowest BCUT2D eigenvalue weighted by Gasteiger charge is -2.24. The predicted octanol–water partition coefficient (Wildman–Crippen LogP) is 4.79. The van der Waals surface area contributed by atoms with Gasteiger partial charge in [-0.2, -0.15) is 0 Å². The Morgan fingerprint density at radius 2 is 1.79 bits per heavy atom. The molecule has 3 aromatic carbocycles. The highest BCUT2D eigenvalue weighted by Gasteiger charge is 2.38. The number of nitrogens with zero attached hydrogens (tertiary/aromatic N) is 2. The summed E-state index contributed by atoms with van der Waals surface area (Å²) in [6.45, 7) is 5.26. The number of carbonyl (C=O) groups is 1. The molecule has 2 heterocycles. The van der Waals surface area contributed by atoms with Crippen LogP contribution in [-0.2, 0) is 14.8 Å². The van der Waals surface area contributed by atoms with Gasteiger partial charge in [0, 0.05) is 34.9 Å². The molecule has 1 amide bonds. The molecule has 39 heavy (non-hydrogen) atoms. The summed E-state index contributed by atoms with van der Waals surface area (Å²) in [5.41, 5.74) is 6.76. The molecule has 4 N–H and O–H groups in total. The van der Waals surface area contributed by atoms with E-state index in [1.807, 2.05) is 12.1 Å². The molecule has 5 rings (SSSR count). The van der Waals surface area contributed by atoms with Crippen LogP contribution in [0.5, 0.6) is 0 Å². The van der Waals surface area contributed by atoms with Gasteiger partial charge in [-0.25, -0.2) is 17.5 Å². The molecule has 8 nitrogen and oxygen atoms in total. The molecule has 1 fully saturated rings. The van der Waals surface area contributed by atoms with E-state index in [2.05, 4.69) is 4.72 Å². The Kier molecular flexibility index (Phi) is 6.56. The molecule has 10 heteroatoms. The highest BCUT2D eigenvalue weighted by atomic mass is 32.2. The molecule has 1 aromatic heterocycles. The number of sulfonamides is 1. The van der Waals surface area contributed by atoms with Gasteiger partial charge in [0.05, 0.1) is 5.69 Å². The Hall–Kier alpha value is -4.02. The van der Waals surface area contributed by atoms with E-state index in [1.165, 1.54) is 11.0 Å². The molecule has 4 aromatic rings. The van der Waals surface area contributed by atoms with Gasteiger partial charge in [-0.15, -0.1) is 0 Å². The number of rotatable bonds is 6. The van der Waals surface area contributed by atoms with Gasteiger partial charge >= 0.3 is 0 Å². The smallest absolute Gasteiger partial charge is 0.250 e. The number of halogens is 1. The highest BCUT2D eigenvalue weighted by Crippen LogP contribution is 2.39. The quantitative estimate of drug-likeness (QED) is 0.237. The average molecular weight is 548 g/mol. The normalized spacial score (nSPS) is 16.3. The third kappa shape index (κ3) is 4.93. The molecule has 1 aliphatic heterocycles. The minimum Gasteiger partial charge on any atom is -0.384 e. The number of amides is 1. The first-order valence-corrected chi connectivity index (χ1v) is 14.0. The van der Waals surface area contributed by atoms with Crippen LogP contribution in [0.15, 0.2) is 77.8 Å². The summed E-state index contributed by atoms with van der Waals surface area (Å²) >= 11 is 0. The Morgan fingerprint density at radius 3 is 2.46 bits per heavy atom. The molecule has 1 aliphatic rings. The number of fused-ring (bicyclic) bond motifs is 1. The molecule has 0 aliphatic carbocycles. The van der Waals surface area contributed by atoms with Gasteiger partial charge in [0.15, 0.2) is 5.82 Å². The second kappa shape index (κ2) is 9.62. The van der Waals surface area contributed by atoms with Crippen molar-refractivity contribution in [2.45, 2.75) is 43.7 Å². The zero-order valence-corrected chi connectivity index (χ0v) is 22.7. The van der Waals surface area contributed by atoms with E-state index in [4.69, 9.17) is 11.1 Å². The molecular formula is C29H30FN5O3S. The van der Waals surface area contributed by atoms with Crippen LogP contribution in [0.4, 0.5) is 10.1 Å². The third-order valence-corrected chi connectivity index (χ3v) is 8.53. The maximum absolute atomic E-state index is 16.3. The molecule has 0 saturated carbocycles. The van der Waals surface area contributed by atoms with Crippen LogP contribution in [0.3, 0.4) is 0 Å². The van der Waals surface area contributed by atoms with Crippen LogP contribution in [0.2, 0.25) is 0 Å². The van der Waals surface area contributed by atoms with E-state index < -0.39 is 32.3 Å². The summed E-state index contributed by atoms with van der Waals surface area (Å²) in [5, 5.41) is 8.63. The van der Waals surface area contributed by atoms with Crippen LogP contribution in [0.25, 0.3) is 22.0 Å². The summed E-state index contributed by atoms with van der Waals surface area (Å²) in [6.07, 6.45) is 2.19. The zero-order chi connectivity index (χ0) is 28.1. The second-order valence-corrected chi connectivity index (χ2v) is 12.3. The maximum Gasteiger partial charge on any atom is 0.250 e. The minimum absolute atomic E-state index is 0.0813. The first-order valence-electron chi connectivity index (χ1n) is 12.6. The Labute approximate surface area is 226 Å². The van der Waals surface area contributed by atoms with Gasteiger partial charge in [-0.05, 0) is 56.3 Å². The highest BCUT2D eigenvalue weighted by molar-refractivity contribution is 7.89. The molecule has 0 bridgehead atoms. The number of anilines is 1. The van der Waals surface area contributed by atoms with Crippen molar-refractivity contribution in [3.05, 3.63) is 84.3 Å². The molecule has 0 spiro atoms. The summed E-state index contributed by atoms with van der Waals surface area (Å²) < 4.78 is 47.7. The molecule has 0 radical (unpaired) electrons. The van der Waals surface area contributed by atoms with Gasteiger partial charge in [0.1, 0.15) is 16.8 Å².